The average molecular weight is 236 g/mol. The van der Waals surface area contributed by atoms with Gasteiger partial charge in [-0.3, -0.25) is 5.32 Å². The van der Waals surface area contributed by atoms with Crippen molar-refractivity contribution in [3.8, 4) is 0 Å². The lowest BCUT2D eigenvalue weighted by Gasteiger charge is -2.04. The molecule has 0 aliphatic carbocycles. The molecule has 0 spiro atoms. The predicted molar refractivity (Wildman–Crippen MR) is 58.1 cm³/mol. The van der Waals surface area contributed by atoms with Crippen molar-refractivity contribution in [1.82, 2.24) is 10.3 Å². The van der Waals surface area contributed by atoms with Crippen LogP contribution in [0.15, 0.2) is 28.9 Å². The summed E-state index contributed by atoms with van der Waals surface area (Å²) in [6.45, 7) is 1.64. The molecule has 0 bridgehead atoms. The molecule has 1 aromatic carbocycles. The molecule has 0 aliphatic heterocycles. The summed E-state index contributed by atoms with van der Waals surface area (Å²) in [4.78, 5) is 11.5. The summed E-state index contributed by atoms with van der Waals surface area (Å²) in [7, 11) is 0. The molecule has 17 heavy (non-hydrogen) atoms. The number of amides is 2. The van der Waals surface area contributed by atoms with Gasteiger partial charge in [-0.05, 0) is 36.3 Å². The molecule has 2 aromatic rings. The van der Waals surface area contributed by atoms with E-state index in [1.807, 2.05) is 0 Å². The van der Waals surface area contributed by atoms with E-state index in [0.717, 1.165) is 0 Å². The fraction of sp³-hybridized carbons (Fsp3) is 0.100. The molecule has 0 saturated heterocycles. The van der Waals surface area contributed by atoms with Crippen LogP contribution in [0, 0.1) is 12.7 Å². The number of benzene rings is 1. The van der Waals surface area contributed by atoms with Gasteiger partial charge in [-0.25, -0.2) is 13.8 Å². The Morgan fingerprint density at radius 3 is 2.53 bits per heavy atom. The van der Waals surface area contributed by atoms with Crippen LogP contribution >= 0.6 is 0 Å². The van der Waals surface area contributed by atoms with Gasteiger partial charge in [0.2, 0.25) is 5.82 Å². The molecule has 6 nitrogen and oxygen atoms in total. The molecule has 0 radical (unpaired) electrons. The summed E-state index contributed by atoms with van der Waals surface area (Å²) in [5.41, 5.74) is 0.942. The van der Waals surface area contributed by atoms with Crippen molar-refractivity contribution in [2.45, 2.75) is 6.92 Å². The minimum absolute atomic E-state index is 0.240. The van der Waals surface area contributed by atoms with Gasteiger partial charge < -0.3 is 5.32 Å². The summed E-state index contributed by atoms with van der Waals surface area (Å²) >= 11 is 0. The van der Waals surface area contributed by atoms with E-state index in [1.54, 1.807) is 6.92 Å². The van der Waals surface area contributed by atoms with Crippen LogP contribution in [0.5, 0.6) is 0 Å². The first-order valence-electron chi connectivity index (χ1n) is 4.78. The quantitative estimate of drug-likeness (QED) is 0.837. The number of carbonyl (C=O) groups excluding carboxylic acids is 1. The van der Waals surface area contributed by atoms with E-state index >= 15 is 0 Å². The Morgan fingerprint density at radius 2 is 1.94 bits per heavy atom. The lowest BCUT2D eigenvalue weighted by molar-refractivity contribution is 0.261. The van der Waals surface area contributed by atoms with Crippen LogP contribution in [-0.2, 0) is 0 Å². The highest BCUT2D eigenvalue weighted by molar-refractivity contribution is 5.99. The molecular formula is C10H9FN4O2. The highest BCUT2D eigenvalue weighted by Gasteiger charge is 2.09. The second kappa shape index (κ2) is 4.60. The largest absolute Gasteiger partial charge is 0.324 e. The lowest BCUT2D eigenvalue weighted by atomic mass is 10.3. The summed E-state index contributed by atoms with van der Waals surface area (Å²) in [6.07, 6.45) is 0. The van der Waals surface area contributed by atoms with Crippen molar-refractivity contribution in [3.05, 3.63) is 35.8 Å². The third-order valence-electron chi connectivity index (χ3n) is 1.99. The first kappa shape index (κ1) is 11.1. The zero-order valence-corrected chi connectivity index (χ0v) is 8.90. The molecule has 2 amide bonds. The maximum Gasteiger partial charge on any atom is 0.324 e. The van der Waals surface area contributed by atoms with Gasteiger partial charge in [0.05, 0.1) is 0 Å². The van der Waals surface area contributed by atoms with Gasteiger partial charge in [0.1, 0.15) is 11.5 Å². The van der Waals surface area contributed by atoms with Crippen LogP contribution in [0.2, 0.25) is 0 Å². The number of hydrogen-bond donors (Lipinski definition) is 2. The Bertz CT molecular complexity index is 523. The van der Waals surface area contributed by atoms with Crippen LogP contribution in [0.25, 0.3) is 0 Å². The predicted octanol–water partition coefficient (Wildman–Crippen LogP) is 2.16. The van der Waals surface area contributed by atoms with Crippen LogP contribution < -0.4 is 10.6 Å². The number of carbonyl (C=O) groups is 1. The van der Waals surface area contributed by atoms with Gasteiger partial charge in [-0.1, -0.05) is 5.16 Å². The van der Waals surface area contributed by atoms with Crippen LogP contribution in [0.1, 0.15) is 5.69 Å². The van der Waals surface area contributed by atoms with Gasteiger partial charge in [0.25, 0.3) is 0 Å². The van der Waals surface area contributed by atoms with Crippen LogP contribution in [-0.4, -0.2) is 16.3 Å². The number of rotatable bonds is 2. The maximum atomic E-state index is 12.6. The van der Waals surface area contributed by atoms with E-state index in [1.165, 1.54) is 24.3 Å². The molecule has 88 valence electrons. The van der Waals surface area contributed by atoms with Gasteiger partial charge >= 0.3 is 6.03 Å². The zero-order valence-electron chi connectivity index (χ0n) is 8.90. The molecule has 7 heteroatoms. The van der Waals surface area contributed by atoms with Gasteiger partial charge in [-0.15, -0.1) is 0 Å². The van der Waals surface area contributed by atoms with Crippen LogP contribution in [0.4, 0.5) is 20.7 Å². The Balaban J connectivity index is 1.98. The minimum atomic E-state index is -0.504. The fourth-order valence-electron chi connectivity index (χ4n) is 1.15. The summed E-state index contributed by atoms with van der Waals surface area (Å²) in [5.74, 6) is -0.128. The third kappa shape index (κ3) is 2.77. The molecule has 0 unspecified atom stereocenters. The third-order valence-corrected chi connectivity index (χ3v) is 1.99. The van der Waals surface area contributed by atoms with E-state index in [9.17, 15) is 9.18 Å². The average Bonchev–Trinajstić information content (AvgIpc) is 2.68. The summed E-state index contributed by atoms with van der Waals surface area (Å²) in [6, 6.07) is 4.89. The van der Waals surface area contributed by atoms with Crippen molar-refractivity contribution in [1.29, 1.82) is 0 Å². The number of halogens is 1. The highest BCUT2D eigenvalue weighted by Crippen LogP contribution is 2.10. The lowest BCUT2D eigenvalue weighted by Crippen LogP contribution is -2.20. The minimum Gasteiger partial charge on any atom is -0.308 e. The molecule has 0 atom stereocenters. The van der Waals surface area contributed by atoms with E-state index < -0.39 is 6.03 Å². The Hall–Kier alpha value is -2.44. The van der Waals surface area contributed by atoms with Crippen molar-refractivity contribution in [2.75, 3.05) is 10.6 Å². The zero-order chi connectivity index (χ0) is 12.3. The Kier molecular flexibility index (Phi) is 2.99. The van der Waals surface area contributed by atoms with Crippen LogP contribution in [0.3, 0.4) is 0 Å². The topological polar surface area (TPSA) is 80.1 Å². The monoisotopic (exact) mass is 236 g/mol. The molecule has 0 fully saturated rings. The highest BCUT2D eigenvalue weighted by atomic mass is 19.1. The van der Waals surface area contributed by atoms with Gasteiger partial charge in [0, 0.05) is 5.69 Å². The number of hydrogen-bond acceptors (Lipinski definition) is 4. The number of aromatic nitrogens is 2. The molecule has 0 saturated carbocycles. The number of urea groups is 1. The number of nitrogens with one attached hydrogen (secondary N) is 2. The molecule has 1 heterocycles. The summed E-state index contributed by atoms with van der Waals surface area (Å²) < 4.78 is 17.0. The second-order valence-electron chi connectivity index (χ2n) is 3.28. The molecule has 2 rings (SSSR count). The SMILES string of the molecule is Cc1nonc1NC(=O)Nc1ccc(F)cc1. The summed E-state index contributed by atoms with van der Waals surface area (Å²) in [5, 5.41) is 12.0. The van der Waals surface area contributed by atoms with Gasteiger partial charge in [-0.2, -0.15) is 0 Å². The van der Waals surface area contributed by atoms with E-state index in [2.05, 4.69) is 25.6 Å². The standard InChI is InChI=1S/C10H9FN4O2/c1-6-9(15-17-14-6)13-10(16)12-8-4-2-7(11)3-5-8/h2-5H,1H3,(H2,12,13,15,16). The van der Waals surface area contributed by atoms with E-state index in [0.29, 0.717) is 11.4 Å². The second-order valence-corrected chi connectivity index (χ2v) is 3.28. The maximum absolute atomic E-state index is 12.6. The molecule has 0 aliphatic rings. The normalized spacial score (nSPS) is 10.0. The molecule has 1 aromatic heterocycles. The van der Waals surface area contributed by atoms with Crippen molar-refractivity contribution < 1.29 is 13.8 Å². The Morgan fingerprint density at radius 1 is 1.24 bits per heavy atom. The van der Waals surface area contributed by atoms with Crippen molar-refractivity contribution >= 4 is 17.5 Å². The van der Waals surface area contributed by atoms with Crippen molar-refractivity contribution in [2.24, 2.45) is 0 Å². The smallest absolute Gasteiger partial charge is 0.308 e. The first-order valence-corrected chi connectivity index (χ1v) is 4.78. The first-order chi connectivity index (χ1) is 8.15. The number of aryl methyl sites for hydroxylation is 1. The number of nitrogens with zero attached hydrogens (tertiary/aromatic N) is 2. The molecule has 2 N–H and O–H groups in total. The van der Waals surface area contributed by atoms with Gasteiger partial charge in [0.15, 0.2) is 0 Å². The molecular weight excluding hydrogens is 227 g/mol. The van der Waals surface area contributed by atoms with E-state index in [-0.39, 0.29) is 11.6 Å². The van der Waals surface area contributed by atoms with E-state index in [4.69, 9.17) is 0 Å². The van der Waals surface area contributed by atoms with Crippen molar-refractivity contribution in [3.63, 3.8) is 0 Å². The fourth-order valence-corrected chi connectivity index (χ4v) is 1.15. The number of anilines is 2. The Labute approximate surface area is 95.8 Å².